The molecule has 1 fully saturated rings. The van der Waals surface area contributed by atoms with Gasteiger partial charge in [0.15, 0.2) is 0 Å². The van der Waals surface area contributed by atoms with Crippen LogP contribution in [0.15, 0.2) is 30.6 Å². The van der Waals surface area contributed by atoms with Gasteiger partial charge in [-0.1, -0.05) is 6.07 Å². The molecule has 0 unspecified atom stereocenters. The number of pyridine rings is 1. The second-order valence-electron chi connectivity index (χ2n) is 6.10. The summed E-state index contributed by atoms with van der Waals surface area (Å²) in [5.74, 6) is 0.453. The molecule has 0 spiro atoms. The molecule has 0 radical (unpaired) electrons. The fourth-order valence-electron chi connectivity index (χ4n) is 3.13. The lowest BCUT2D eigenvalue weighted by atomic mass is 10.1. The first kappa shape index (κ1) is 17.0. The first-order valence-corrected chi connectivity index (χ1v) is 8.35. The van der Waals surface area contributed by atoms with Gasteiger partial charge in [-0.05, 0) is 31.9 Å². The van der Waals surface area contributed by atoms with Gasteiger partial charge in [0.25, 0.3) is 5.91 Å². The highest BCUT2D eigenvalue weighted by Crippen LogP contribution is 2.32. The minimum absolute atomic E-state index is 0.0437. The van der Waals surface area contributed by atoms with Gasteiger partial charge in [-0.25, -0.2) is 9.97 Å². The third kappa shape index (κ3) is 3.81. The largest absolute Gasteiger partial charge is 0.346 e. The van der Waals surface area contributed by atoms with Gasteiger partial charge in [0.05, 0.1) is 11.7 Å². The number of rotatable bonds is 4. The van der Waals surface area contributed by atoms with Crippen LogP contribution in [0.2, 0.25) is 0 Å². The van der Waals surface area contributed by atoms with Crippen LogP contribution >= 0.6 is 0 Å². The van der Waals surface area contributed by atoms with Gasteiger partial charge in [0, 0.05) is 38.0 Å². The van der Waals surface area contributed by atoms with Crippen LogP contribution in [0.25, 0.3) is 0 Å². The Balaban J connectivity index is 1.80. The zero-order chi connectivity index (χ0) is 17.8. The van der Waals surface area contributed by atoms with Crippen molar-refractivity contribution < 1.29 is 9.59 Å². The third-order valence-electron chi connectivity index (χ3n) is 4.33. The van der Waals surface area contributed by atoms with E-state index in [4.69, 9.17) is 0 Å². The number of hydrogen-bond donors (Lipinski definition) is 1. The molecule has 1 atom stereocenters. The summed E-state index contributed by atoms with van der Waals surface area (Å²) in [4.78, 5) is 38.8. The number of nitrogens with zero attached hydrogens (tertiary/aromatic N) is 4. The van der Waals surface area contributed by atoms with Crippen LogP contribution in [0.1, 0.15) is 53.4 Å². The van der Waals surface area contributed by atoms with E-state index in [0.717, 1.165) is 30.6 Å². The van der Waals surface area contributed by atoms with Crippen molar-refractivity contribution in [3.63, 3.8) is 0 Å². The highest BCUT2D eigenvalue weighted by Gasteiger charge is 2.31. The van der Waals surface area contributed by atoms with Crippen LogP contribution in [-0.2, 0) is 11.3 Å². The Morgan fingerprint density at radius 2 is 2.16 bits per heavy atom. The first-order chi connectivity index (χ1) is 12.1. The fourth-order valence-corrected chi connectivity index (χ4v) is 3.13. The molecule has 2 amide bonds. The van der Waals surface area contributed by atoms with Crippen molar-refractivity contribution in [3.8, 4) is 0 Å². The standard InChI is InChI=1S/C18H21N5O2/c1-12-20-10-14(11-21-18(25)15-6-3-4-8-19-15)17(22-12)16-7-5-9-23(16)13(2)24/h3-4,6,8,10,16H,5,7,9,11H2,1-2H3,(H,21,25)/t16-/m0/s1. The lowest BCUT2D eigenvalue weighted by molar-refractivity contribution is -0.129. The molecule has 1 N–H and O–H groups in total. The van der Waals surface area contributed by atoms with Gasteiger partial charge in [-0.2, -0.15) is 0 Å². The quantitative estimate of drug-likeness (QED) is 0.917. The molecule has 3 rings (SSSR count). The van der Waals surface area contributed by atoms with Gasteiger partial charge in [-0.3, -0.25) is 14.6 Å². The molecule has 25 heavy (non-hydrogen) atoms. The van der Waals surface area contributed by atoms with E-state index in [9.17, 15) is 9.59 Å². The summed E-state index contributed by atoms with van der Waals surface area (Å²) < 4.78 is 0. The molecule has 0 aliphatic carbocycles. The first-order valence-electron chi connectivity index (χ1n) is 8.35. The second kappa shape index (κ2) is 7.38. The van der Waals surface area contributed by atoms with Crippen molar-refractivity contribution in [2.75, 3.05) is 6.54 Å². The van der Waals surface area contributed by atoms with E-state index in [1.807, 2.05) is 11.8 Å². The van der Waals surface area contributed by atoms with Crippen LogP contribution in [0.5, 0.6) is 0 Å². The van der Waals surface area contributed by atoms with Crippen molar-refractivity contribution in [2.45, 2.75) is 39.3 Å². The molecule has 0 saturated carbocycles. The third-order valence-corrected chi connectivity index (χ3v) is 4.33. The Labute approximate surface area is 146 Å². The Hall–Kier alpha value is -2.83. The molecule has 0 bridgehead atoms. The van der Waals surface area contributed by atoms with E-state index in [0.29, 0.717) is 18.1 Å². The summed E-state index contributed by atoms with van der Waals surface area (Å²) in [6, 6.07) is 5.14. The average Bonchev–Trinajstić information content (AvgIpc) is 3.11. The van der Waals surface area contributed by atoms with Crippen LogP contribution < -0.4 is 5.32 Å². The topological polar surface area (TPSA) is 88.1 Å². The molecule has 2 aromatic rings. The van der Waals surface area contributed by atoms with Crippen LogP contribution in [0, 0.1) is 6.92 Å². The van der Waals surface area contributed by atoms with Gasteiger partial charge >= 0.3 is 0 Å². The maximum Gasteiger partial charge on any atom is 0.270 e. The Kier molecular flexibility index (Phi) is 5.02. The van der Waals surface area contributed by atoms with Crippen molar-refractivity contribution in [3.05, 3.63) is 53.4 Å². The van der Waals surface area contributed by atoms with E-state index < -0.39 is 0 Å². The van der Waals surface area contributed by atoms with E-state index in [2.05, 4.69) is 20.3 Å². The summed E-state index contributed by atoms with van der Waals surface area (Å²) in [5, 5.41) is 2.86. The highest BCUT2D eigenvalue weighted by atomic mass is 16.2. The van der Waals surface area contributed by atoms with Crippen molar-refractivity contribution in [1.82, 2.24) is 25.2 Å². The van der Waals surface area contributed by atoms with E-state index >= 15 is 0 Å². The van der Waals surface area contributed by atoms with Gasteiger partial charge in [0.1, 0.15) is 11.5 Å². The summed E-state index contributed by atoms with van der Waals surface area (Å²) in [7, 11) is 0. The van der Waals surface area contributed by atoms with Gasteiger partial charge in [-0.15, -0.1) is 0 Å². The smallest absolute Gasteiger partial charge is 0.270 e. The van der Waals surface area contributed by atoms with E-state index in [1.54, 1.807) is 37.5 Å². The minimum atomic E-state index is -0.248. The molecule has 2 aromatic heterocycles. The predicted molar refractivity (Wildman–Crippen MR) is 91.5 cm³/mol. The molecular weight excluding hydrogens is 318 g/mol. The number of nitrogens with one attached hydrogen (secondary N) is 1. The zero-order valence-corrected chi connectivity index (χ0v) is 14.4. The van der Waals surface area contributed by atoms with E-state index in [1.165, 1.54) is 0 Å². The molecular formula is C18H21N5O2. The van der Waals surface area contributed by atoms with Gasteiger partial charge in [0.2, 0.25) is 5.91 Å². The number of carbonyl (C=O) groups is 2. The molecule has 7 nitrogen and oxygen atoms in total. The Morgan fingerprint density at radius 3 is 2.88 bits per heavy atom. The SMILES string of the molecule is CC(=O)N1CCC[C@H]1c1nc(C)ncc1CNC(=O)c1ccccn1. The molecule has 3 heterocycles. The predicted octanol–water partition coefficient (Wildman–Crippen LogP) is 1.79. The molecule has 7 heteroatoms. The van der Waals surface area contributed by atoms with Crippen molar-refractivity contribution >= 4 is 11.8 Å². The maximum atomic E-state index is 12.2. The van der Waals surface area contributed by atoms with Crippen LogP contribution in [0.4, 0.5) is 0 Å². The zero-order valence-electron chi connectivity index (χ0n) is 14.4. The van der Waals surface area contributed by atoms with E-state index in [-0.39, 0.29) is 17.9 Å². The second-order valence-corrected chi connectivity index (χ2v) is 6.10. The minimum Gasteiger partial charge on any atom is -0.346 e. The monoisotopic (exact) mass is 339 g/mol. The molecule has 1 aliphatic heterocycles. The molecule has 0 aromatic carbocycles. The van der Waals surface area contributed by atoms with Crippen LogP contribution in [0.3, 0.4) is 0 Å². The highest BCUT2D eigenvalue weighted by molar-refractivity contribution is 5.92. The number of carbonyl (C=O) groups excluding carboxylic acids is 2. The molecule has 1 saturated heterocycles. The number of amides is 2. The van der Waals surface area contributed by atoms with Crippen molar-refractivity contribution in [2.24, 2.45) is 0 Å². The van der Waals surface area contributed by atoms with Crippen LogP contribution in [-0.4, -0.2) is 38.2 Å². The lowest BCUT2D eigenvalue weighted by Crippen LogP contribution is -2.31. The molecule has 1 aliphatic rings. The Morgan fingerprint density at radius 1 is 1.32 bits per heavy atom. The summed E-state index contributed by atoms with van der Waals surface area (Å²) in [6.07, 6.45) is 5.13. The normalized spacial score (nSPS) is 16.7. The summed E-state index contributed by atoms with van der Waals surface area (Å²) >= 11 is 0. The maximum absolute atomic E-state index is 12.2. The number of aromatic nitrogens is 3. The van der Waals surface area contributed by atoms with Gasteiger partial charge < -0.3 is 10.2 Å². The number of hydrogen-bond acceptors (Lipinski definition) is 5. The molecule has 130 valence electrons. The average molecular weight is 339 g/mol. The summed E-state index contributed by atoms with van der Waals surface area (Å²) in [5.41, 5.74) is 2.01. The summed E-state index contributed by atoms with van der Waals surface area (Å²) in [6.45, 7) is 4.44. The number of likely N-dealkylation sites (tertiary alicyclic amines) is 1. The van der Waals surface area contributed by atoms with Crippen molar-refractivity contribution in [1.29, 1.82) is 0 Å². The number of aryl methyl sites for hydroxylation is 1. The Bertz CT molecular complexity index is 778. The fraction of sp³-hybridized carbons (Fsp3) is 0.389. The lowest BCUT2D eigenvalue weighted by Gasteiger charge is -2.24.